The van der Waals surface area contributed by atoms with Gasteiger partial charge in [-0.25, -0.2) is 0 Å². The third-order valence-electron chi connectivity index (χ3n) is 2.45. The number of carbonyl (C=O) groups is 2. The number of carbonyl (C=O) groups excluding carboxylic acids is 2. The van der Waals surface area contributed by atoms with Crippen LogP contribution in [0.3, 0.4) is 0 Å². The van der Waals surface area contributed by atoms with Crippen LogP contribution in [0, 0.1) is 0 Å². The fourth-order valence-corrected chi connectivity index (χ4v) is 2.55. The second-order valence-corrected chi connectivity index (χ2v) is 5.45. The standard InChI is InChI=1S/C11H11NO6S/c1-17-10(14)5-7-3-2-4-8-11(7)18-19(15,16)6-9(13)12-8/h2-4H,5-6H2,1H3,(H,12,13). The maximum atomic E-state index is 11.6. The van der Waals surface area contributed by atoms with E-state index in [1.807, 2.05) is 0 Å². The van der Waals surface area contributed by atoms with Gasteiger partial charge in [0.15, 0.2) is 11.5 Å². The number of benzene rings is 1. The largest absolute Gasteiger partial charge is 0.469 e. The maximum absolute atomic E-state index is 11.6. The molecule has 7 nitrogen and oxygen atoms in total. The van der Waals surface area contributed by atoms with Crippen molar-refractivity contribution in [1.82, 2.24) is 0 Å². The molecular weight excluding hydrogens is 274 g/mol. The van der Waals surface area contributed by atoms with Crippen LogP contribution in [0.15, 0.2) is 18.2 Å². The summed E-state index contributed by atoms with van der Waals surface area (Å²) >= 11 is 0. The van der Waals surface area contributed by atoms with Crippen molar-refractivity contribution in [1.29, 1.82) is 0 Å². The van der Waals surface area contributed by atoms with Gasteiger partial charge >= 0.3 is 16.1 Å². The molecule has 19 heavy (non-hydrogen) atoms. The van der Waals surface area contributed by atoms with E-state index in [0.29, 0.717) is 5.56 Å². The van der Waals surface area contributed by atoms with Crippen LogP contribution in [-0.4, -0.2) is 33.2 Å². The first-order chi connectivity index (χ1) is 8.91. The average Bonchev–Trinajstić information content (AvgIpc) is 2.43. The molecule has 8 heteroatoms. The molecule has 1 aliphatic rings. The topological polar surface area (TPSA) is 98.8 Å². The molecule has 1 amide bonds. The number of para-hydroxylation sites is 1. The van der Waals surface area contributed by atoms with Gasteiger partial charge in [-0.05, 0) is 6.07 Å². The molecule has 1 heterocycles. The van der Waals surface area contributed by atoms with Crippen LogP contribution in [-0.2, 0) is 30.9 Å². The van der Waals surface area contributed by atoms with E-state index in [4.69, 9.17) is 4.18 Å². The van der Waals surface area contributed by atoms with Crippen LogP contribution < -0.4 is 9.50 Å². The van der Waals surface area contributed by atoms with Gasteiger partial charge in [-0.3, -0.25) is 9.59 Å². The summed E-state index contributed by atoms with van der Waals surface area (Å²) in [5.41, 5.74) is 0.544. The molecule has 0 saturated carbocycles. The Kier molecular flexibility index (Phi) is 3.43. The molecule has 0 fully saturated rings. The Morgan fingerprint density at radius 3 is 2.89 bits per heavy atom. The molecule has 102 valence electrons. The van der Waals surface area contributed by atoms with Crippen LogP contribution in [0.25, 0.3) is 0 Å². The number of hydrogen-bond acceptors (Lipinski definition) is 6. The summed E-state index contributed by atoms with van der Waals surface area (Å²) in [6, 6.07) is 4.61. The molecule has 0 bridgehead atoms. The van der Waals surface area contributed by atoms with Gasteiger partial charge in [-0.15, -0.1) is 0 Å². The van der Waals surface area contributed by atoms with Crippen molar-refractivity contribution in [2.24, 2.45) is 0 Å². The van der Waals surface area contributed by atoms with Gasteiger partial charge in [0.1, 0.15) is 0 Å². The van der Waals surface area contributed by atoms with E-state index in [-0.39, 0.29) is 17.9 Å². The van der Waals surface area contributed by atoms with E-state index in [2.05, 4.69) is 10.1 Å². The summed E-state index contributed by atoms with van der Waals surface area (Å²) in [5.74, 6) is -2.03. The van der Waals surface area contributed by atoms with Crippen LogP contribution in [0.5, 0.6) is 5.75 Å². The highest BCUT2D eigenvalue weighted by molar-refractivity contribution is 7.87. The zero-order chi connectivity index (χ0) is 14.0. The maximum Gasteiger partial charge on any atom is 0.318 e. The molecule has 0 aromatic heterocycles. The Hall–Kier alpha value is -2.09. The highest BCUT2D eigenvalue weighted by Gasteiger charge is 2.27. The molecule has 1 aromatic carbocycles. The zero-order valence-electron chi connectivity index (χ0n) is 10.0. The van der Waals surface area contributed by atoms with Crippen molar-refractivity contribution < 1.29 is 26.9 Å². The van der Waals surface area contributed by atoms with Crippen molar-refractivity contribution in [2.45, 2.75) is 6.42 Å². The van der Waals surface area contributed by atoms with E-state index in [0.717, 1.165) is 0 Å². The van der Waals surface area contributed by atoms with E-state index < -0.39 is 27.7 Å². The molecular formula is C11H11NO6S. The third kappa shape index (κ3) is 3.02. The number of hydrogen-bond donors (Lipinski definition) is 1. The molecule has 1 aliphatic heterocycles. The fraction of sp³-hybridized carbons (Fsp3) is 0.273. The van der Waals surface area contributed by atoms with E-state index >= 15 is 0 Å². The normalized spacial score (nSPS) is 16.6. The number of nitrogens with one attached hydrogen (secondary N) is 1. The quantitative estimate of drug-likeness (QED) is 0.609. The number of anilines is 1. The molecule has 2 rings (SSSR count). The van der Waals surface area contributed by atoms with Gasteiger partial charge in [0.05, 0.1) is 19.2 Å². The molecule has 0 atom stereocenters. The highest BCUT2D eigenvalue weighted by atomic mass is 32.2. The first-order valence-electron chi connectivity index (χ1n) is 5.32. The summed E-state index contributed by atoms with van der Waals surface area (Å²) in [6.07, 6.45) is -0.148. The predicted octanol–water partition coefficient (Wildman–Crippen LogP) is 0.0628. The minimum Gasteiger partial charge on any atom is -0.469 e. The monoisotopic (exact) mass is 285 g/mol. The number of amides is 1. The van der Waals surface area contributed by atoms with Crippen LogP contribution in [0.4, 0.5) is 5.69 Å². The summed E-state index contributed by atoms with van der Waals surface area (Å²) < 4.78 is 32.5. The molecule has 0 spiro atoms. The number of fused-ring (bicyclic) bond motifs is 1. The Morgan fingerprint density at radius 1 is 1.47 bits per heavy atom. The van der Waals surface area contributed by atoms with Crippen molar-refractivity contribution in [3.8, 4) is 5.75 Å². The SMILES string of the molecule is COC(=O)Cc1cccc2c1OS(=O)(=O)CC(=O)N2. The van der Waals surface area contributed by atoms with Gasteiger partial charge < -0.3 is 14.2 Å². The summed E-state index contributed by atoms with van der Waals surface area (Å²) in [7, 11) is -2.79. The second kappa shape index (κ2) is 4.88. The lowest BCUT2D eigenvalue weighted by Crippen LogP contribution is -2.22. The lowest BCUT2D eigenvalue weighted by Gasteiger charge is -2.10. The van der Waals surface area contributed by atoms with Gasteiger partial charge in [0.25, 0.3) is 0 Å². The van der Waals surface area contributed by atoms with E-state index in [1.165, 1.54) is 19.2 Å². The summed E-state index contributed by atoms with van der Waals surface area (Å²) in [4.78, 5) is 22.7. The fourth-order valence-electron chi connectivity index (χ4n) is 1.65. The van der Waals surface area contributed by atoms with Gasteiger partial charge in [-0.1, -0.05) is 12.1 Å². The minimum absolute atomic E-state index is 0.0428. The first kappa shape index (κ1) is 13.3. The van der Waals surface area contributed by atoms with Crippen LogP contribution >= 0.6 is 0 Å². The summed E-state index contributed by atoms with van der Waals surface area (Å²) in [6.45, 7) is 0. The number of esters is 1. The lowest BCUT2D eigenvalue weighted by molar-refractivity contribution is -0.139. The molecule has 0 saturated heterocycles. The van der Waals surface area contributed by atoms with Gasteiger partial charge in [0.2, 0.25) is 5.91 Å². The average molecular weight is 285 g/mol. The Bertz CT molecular complexity index is 637. The van der Waals surface area contributed by atoms with Crippen molar-refractivity contribution in [3.05, 3.63) is 23.8 Å². The Morgan fingerprint density at radius 2 is 2.21 bits per heavy atom. The highest BCUT2D eigenvalue weighted by Crippen LogP contribution is 2.32. The van der Waals surface area contributed by atoms with Crippen molar-refractivity contribution >= 4 is 27.7 Å². The number of rotatable bonds is 2. The zero-order valence-corrected chi connectivity index (χ0v) is 10.8. The molecule has 1 N–H and O–H groups in total. The second-order valence-electron chi connectivity index (χ2n) is 3.88. The first-order valence-corrected chi connectivity index (χ1v) is 6.90. The van der Waals surface area contributed by atoms with Crippen LogP contribution in [0.1, 0.15) is 5.56 Å². The molecule has 0 unspecified atom stereocenters. The Labute approximate surface area is 109 Å². The van der Waals surface area contributed by atoms with Crippen molar-refractivity contribution in [3.63, 3.8) is 0 Å². The molecule has 0 aliphatic carbocycles. The van der Waals surface area contributed by atoms with Crippen molar-refractivity contribution in [2.75, 3.05) is 18.2 Å². The Balaban J connectivity index is 2.48. The third-order valence-corrected chi connectivity index (χ3v) is 3.49. The van der Waals surface area contributed by atoms with E-state index in [1.54, 1.807) is 6.07 Å². The van der Waals surface area contributed by atoms with Gasteiger partial charge in [-0.2, -0.15) is 8.42 Å². The molecule has 1 aromatic rings. The van der Waals surface area contributed by atoms with Gasteiger partial charge in [0, 0.05) is 5.56 Å². The van der Waals surface area contributed by atoms with E-state index in [9.17, 15) is 18.0 Å². The molecule has 0 radical (unpaired) electrons. The van der Waals surface area contributed by atoms with Crippen LogP contribution in [0.2, 0.25) is 0 Å². The number of methoxy groups -OCH3 is 1. The predicted molar refractivity (Wildman–Crippen MR) is 65.2 cm³/mol. The smallest absolute Gasteiger partial charge is 0.318 e. The summed E-state index contributed by atoms with van der Waals surface area (Å²) in [5, 5.41) is 2.41. The minimum atomic E-state index is -4.01. The lowest BCUT2D eigenvalue weighted by atomic mass is 10.1. The number of ether oxygens (including phenoxy) is 1.